The van der Waals surface area contributed by atoms with Crippen LogP contribution in [0.25, 0.3) is 11.1 Å². The van der Waals surface area contributed by atoms with Gasteiger partial charge in [-0.15, -0.1) is 0 Å². The number of benzene rings is 6. The van der Waals surface area contributed by atoms with Crippen molar-refractivity contribution < 1.29 is 0 Å². The Bertz CT molecular complexity index is 3150. The summed E-state index contributed by atoms with van der Waals surface area (Å²) in [6.07, 6.45) is 5.75. The van der Waals surface area contributed by atoms with Gasteiger partial charge in [0.1, 0.15) is 0 Å². The number of rotatable bonds is 1. The average Bonchev–Trinajstić information content (AvgIpc) is 3.27. The summed E-state index contributed by atoms with van der Waals surface area (Å²) in [6.45, 7) is 44.0. The van der Waals surface area contributed by atoms with Crippen LogP contribution in [0.4, 0.5) is 34.1 Å². The molecular formula is C67H81BN2. The molecule has 6 aromatic rings. The summed E-state index contributed by atoms with van der Waals surface area (Å²) in [5, 5.41) is 0. The normalized spacial score (nSPS) is 21.1. The van der Waals surface area contributed by atoms with Gasteiger partial charge in [0.15, 0.2) is 0 Å². The Labute approximate surface area is 423 Å². The number of fused-ring (bicyclic) bond motifs is 7. The van der Waals surface area contributed by atoms with Gasteiger partial charge in [0.05, 0.1) is 5.69 Å². The van der Waals surface area contributed by atoms with Crippen molar-refractivity contribution in [1.82, 2.24) is 0 Å². The average molecular weight is 925 g/mol. The maximum absolute atomic E-state index is 2.78. The van der Waals surface area contributed by atoms with Crippen LogP contribution in [0.2, 0.25) is 0 Å². The van der Waals surface area contributed by atoms with E-state index < -0.39 is 0 Å². The van der Waals surface area contributed by atoms with Gasteiger partial charge in [0, 0.05) is 34.0 Å². The summed E-state index contributed by atoms with van der Waals surface area (Å²) >= 11 is 0. The van der Waals surface area contributed by atoms with Crippen LogP contribution in [0.5, 0.6) is 0 Å². The number of hydrogen-bond acceptors (Lipinski definition) is 2. The van der Waals surface area contributed by atoms with Gasteiger partial charge in [-0.2, -0.15) is 0 Å². The van der Waals surface area contributed by atoms with E-state index in [-0.39, 0.29) is 50.0 Å². The van der Waals surface area contributed by atoms with Crippen LogP contribution in [0, 0.1) is 0 Å². The van der Waals surface area contributed by atoms with Crippen LogP contribution in [0.3, 0.4) is 0 Å². The van der Waals surface area contributed by atoms with E-state index >= 15 is 0 Å². The molecule has 2 aliphatic carbocycles. The van der Waals surface area contributed by atoms with E-state index in [1.165, 1.54) is 126 Å². The summed E-state index contributed by atoms with van der Waals surface area (Å²) < 4.78 is 0. The highest BCUT2D eigenvalue weighted by atomic mass is 15.2. The zero-order valence-corrected chi connectivity index (χ0v) is 46.3. The van der Waals surface area contributed by atoms with E-state index in [1.54, 1.807) is 5.56 Å². The molecule has 70 heavy (non-hydrogen) atoms. The Morgan fingerprint density at radius 3 is 1.50 bits per heavy atom. The third-order valence-electron chi connectivity index (χ3n) is 18.6. The minimum absolute atomic E-state index is 0.00879. The lowest BCUT2D eigenvalue weighted by Gasteiger charge is -2.49. The molecule has 1 unspecified atom stereocenters. The first-order valence-corrected chi connectivity index (χ1v) is 26.9. The van der Waals surface area contributed by atoms with Gasteiger partial charge in [-0.3, -0.25) is 0 Å². The van der Waals surface area contributed by atoms with E-state index in [4.69, 9.17) is 0 Å². The number of anilines is 6. The fourth-order valence-corrected chi connectivity index (χ4v) is 13.9. The standard InChI is InChI=1S/C67H81BN2/c1-60(2,3)42-20-24-46(25-21-42)69-55-28-23-44(62(7,8)9)35-52(55)68-53-38-50-51(64(12,13)30-29-63(50,10)11)39-56(53)70-54-27-22-43(61(4,5)6)34-47(54)41-19-26-48-49(33-41)65(14,15)31-32-67(48,18)40-66(16,17)45-36-57(69)59(68)58(70)37-45/h19-28,33-39H,29-32,40H2,1-18H3. The molecule has 0 amide bonds. The van der Waals surface area contributed by atoms with Crippen molar-refractivity contribution in [2.75, 3.05) is 9.80 Å². The van der Waals surface area contributed by atoms with E-state index in [2.05, 4.69) is 238 Å². The molecule has 1 atom stereocenters. The molecule has 362 valence electrons. The molecule has 0 fully saturated rings. The zero-order chi connectivity index (χ0) is 50.3. The first-order valence-electron chi connectivity index (χ1n) is 26.9. The highest BCUT2D eigenvalue weighted by Crippen LogP contribution is 2.56. The van der Waals surface area contributed by atoms with Gasteiger partial charge >= 0.3 is 0 Å². The topological polar surface area (TPSA) is 6.48 Å². The third-order valence-corrected chi connectivity index (χ3v) is 18.6. The van der Waals surface area contributed by atoms with Crippen LogP contribution in [-0.4, -0.2) is 6.71 Å². The molecular weight excluding hydrogens is 844 g/mol. The molecule has 6 aromatic carbocycles. The Morgan fingerprint density at radius 1 is 0.400 bits per heavy atom. The Hall–Kier alpha value is -5.02. The summed E-state index contributed by atoms with van der Waals surface area (Å²) in [5.74, 6) is 0. The van der Waals surface area contributed by atoms with Crippen molar-refractivity contribution in [3.63, 3.8) is 0 Å². The highest BCUT2D eigenvalue weighted by molar-refractivity contribution is 7.00. The molecule has 3 heteroatoms. The van der Waals surface area contributed by atoms with Gasteiger partial charge < -0.3 is 9.80 Å². The van der Waals surface area contributed by atoms with Crippen molar-refractivity contribution in [3.05, 3.63) is 148 Å². The van der Waals surface area contributed by atoms with Crippen molar-refractivity contribution in [2.45, 2.75) is 200 Å². The van der Waals surface area contributed by atoms with Crippen molar-refractivity contribution >= 4 is 57.2 Å². The van der Waals surface area contributed by atoms with Gasteiger partial charge in [-0.25, -0.2) is 0 Å². The first-order chi connectivity index (χ1) is 32.4. The summed E-state index contributed by atoms with van der Waals surface area (Å²) in [6, 6.07) is 43.0. The highest BCUT2D eigenvalue weighted by Gasteiger charge is 2.49. The zero-order valence-electron chi connectivity index (χ0n) is 46.3. The van der Waals surface area contributed by atoms with Crippen LogP contribution in [-0.2, 0) is 43.3 Å². The quantitative estimate of drug-likeness (QED) is 0.151. The van der Waals surface area contributed by atoms with Crippen LogP contribution >= 0.6 is 0 Å². The maximum atomic E-state index is 2.78. The van der Waals surface area contributed by atoms with Crippen LogP contribution in [0.15, 0.2) is 103 Å². The molecule has 0 radical (unpaired) electrons. The number of hydrogen-bond donors (Lipinski definition) is 0. The van der Waals surface area contributed by atoms with Gasteiger partial charge in [0.25, 0.3) is 6.71 Å². The molecule has 6 bridgehead atoms. The second-order valence-electron chi connectivity index (χ2n) is 28.8. The van der Waals surface area contributed by atoms with Crippen molar-refractivity contribution in [2.24, 2.45) is 0 Å². The SMILES string of the molecule is CC(C)(C)c1ccc(N2c3ccc(C(C)(C)C)cc3B3c4cc5c(cc4N4c6ccc(C(C)(C)C)cc6-c6ccc7c(c6)C(C)(C)CCC7(C)CC(C)(C)c6cc2c3c4c6)C(C)(C)CCC5(C)C)cc1. The fourth-order valence-electron chi connectivity index (χ4n) is 13.9. The van der Waals surface area contributed by atoms with Gasteiger partial charge in [0.2, 0.25) is 0 Å². The Balaban J connectivity index is 1.33. The lowest BCUT2D eigenvalue weighted by Crippen LogP contribution is -2.62. The summed E-state index contributed by atoms with van der Waals surface area (Å²) in [5.41, 5.74) is 26.3. The third kappa shape index (κ3) is 7.15. The predicted octanol–water partition coefficient (Wildman–Crippen LogP) is 16.7. The van der Waals surface area contributed by atoms with E-state index in [0.29, 0.717) is 0 Å². The van der Waals surface area contributed by atoms with Crippen LogP contribution in [0.1, 0.15) is 201 Å². The molecule has 4 heterocycles. The lowest BCUT2D eigenvalue weighted by molar-refractivity contribution is 0.251. The molecule has 12 rings (SSSR count). The summed E-state index contributed by atoms with van der Waals surface area (Å²) in [4.78, 5) is 5.44. The molecule has 0 saturated carbocycles. The first kappa shape index (κ1) is 47.3. The fraction of sp³-hybridized carbons (Fsp3) is 0.463. The van der Waals surface area contributed by atoms with Crippen molar-refractivity contribution in [3.8, 4) is 11.1 Å². The van der Waals surface area contributed by atoms with E-state index in [0.717, 1.165) is 6.42 Å². The monoisotopic (exact) mass is 925 g/mol. The van der Waals surface area contributed by atoms with Gasteiger partial charge in [-0.05, 0) is 190 Å². The summed E-state index contributed by atoms with van der Waals surface area (Å²) in [7, 11) is 0. The Kier molecular flexibility index (Phi) is 10.0. The molecule has 4 aliphatic heterocycles. The molecule has 0 aromatic heterocycles. The molecule has 0 spiro atoms. The van der Waals surface area contributed by atoms with Crippen molar-refractivity contribution in [1.29, 1.82) is 0 Å². The van der Waals surface area contributed by atoms with Gasteiger partial charge in [-0.1, -0.05) is 179 Å². The number of nitrogens with zero attached hydrogens (tertiary/aromatic N) is 2. The minimum Gasteiger partial charge on any atom is -0.311 e. The Morgan fingerprint density at radius 2 is 0.900 bits per heavy atom. The largest absolute Gasteiger partial charge is 0.311 e. The minimum atomic E-state index is -0.161. The van der Waals surface area contributed by atoms with Crippen LogP contribution < -0.4 is 26.2 Å². The smallest absolute Gasteiger partial charge is 0.252 e. The second kappa shape index (κ2) is 14.8. The maximum Gasteiger partial charge on any atom is 0.252 e. The molecule has 0 saturated heterocycles. The molecule has 6 aliphatic rings. The molecule has 2 nitrogen and oxygen atoms in total. The van der Waals surface area contributed by atoms with E-state index in [9.17, 15) is 0 Å². The van der Waals surface area contributed by atoms with E-state index in [1.807, 2.05) is 0 Å². The lowest BCUT2D eigenvalue weighted by atomic mass is 9.32. The predicted molar refractivity (Wildman–Crippen MR) is 305 cm³/mol. The molecule has 0 N–H and O–H groups in total. The second-order valence-corrected chi connectivity index (χ2v) is 28.8.